The Hall–Kier alpha value is -0.950. The molecule has 7 heteroatoms. The first-order chi connectivity index (χ1) is 5.25. The van der Waals surface area contributed by atoms with Crippen LogP contribution in [0.1, 0.15) is 0 Å². The maximum Gasteiger partial charge on any atom is 0.254 e. The topological polar surface area (TPSA) is 80.5 Å². The summed E-state index contributed by atoms with van der Waals surface area (Å²) in [5.41, 5.74) is -0.345. The molecule has 0 aliphatic carbocycles. The van der Waals surface area contributed by atoms with Gasteiger partial charge >= 0.3 is 0 Å². The molecule has 12 heavy (non-hydrogen) atoms. The highest BCUT2D eigenvalue weighted by Crippen LogP contribution is 1.99. The molecule has 0 aliphatic rings. The first-order valence-electron chi connectivity index (χ1n) is 2.98. The van der Waals surface area contributed by atoms with Crippen LogP contribution in [0, 0.1) is 10.1 Å². The van der Waals surface area contributed by atoms with Gasteiger partial charge in [-0.1, -0.05) is 0 Å². The Balaban J connectivity index is 4.31. The molecular weight excluding hydrogens is 184 g/mol. The van der Waals surface area contributed by atoms with Gasteiger partial charge in [-0.05, 0) is 6.58 Å². The van der Waals surface area contributed by atoms with Crippen LogP contribution in [0.25, 0.3) is 0 Å². The normalized spacial score (nSPS) is 11.6. The fourth-order valence-corrected chi connectivity index (χ4v) is 0.816. The third-order valence-corrected chi connectivity index (χ3v) is 2.49. The van der Waals surface area contributed by atoms with E-state index in [2.05, 4.69) is 6.58 Å². The molecule has 0 bridgehead atoms. The molecule has 0 heterocycles. The second-order valence-electron chi connectivity index (χ2n) is 2.34. The van der Waals surface area contributed by atoms with Crippen molar-refractivity contribution in [3.05, 3.63) is 22.4 Å². The van der Waals surface area contributed by atoms with Gasteiger partial charge in [-0.2, -0.15) is 4.31 Å². The lowest BCUT2D eigenvalue weighted by molar-refractivity contribution is -0.426. The molecule has 0 unspecified atom stereocenters. The maximum absolute atomic E-state index is 10.8. The molecule has 0 atom stereocenters. The van der Waals surface area contributed by atoms with Crippen LogP contribution in [0.15, 0.2) is 12.3 Å². The van der Waals surface area contributed by atoms with E-state index >= 15 is 0 Å². The molecular formula is C5H10N2O4S. The Morgan fingerprint density at radius 2 is 2.08 bits per heavy atom. The summed E-state index contributed by atoms with van der Waals surface area (Å²) in [6.45, 7) is 2.82. The number of rotatable bonds is 4. The largest absolute Gasteiger partial charge is 0.259 e. The van der Waals surface area contributed by atoms with Crippen molar-refractivity contribution in [2.75, 3.05) is 19.8 Å². The van der Waals surface area contributed by atoms with E-state index in [1.807, 2.05) is 0 Å². The van der Waals surface area contributed by atoms with E-state index in [-0.39, 0.29) is 12.2 Å². The van der Waals surface area contributed by atoms with Crippen molar-refractivity contribution < 1.29 is 13.3 Å². The standard InChI is InChI=1S/C5H10N2O4S/c1-5(7(8)9)4-6(2)12(3,10)11/h1,4H2,2-3H3. The molecule has 0 aromatic rings. The molecule has 0 amide bonds. The fraction of sp³-hybridized carbons (Fsp3) is 0.600. The molecule has 70 valence electrons. The summed E-state index contributed by atoms with van der Waals surface area (Å²) >= 11 is 0. The van der Waals surface area contributed by atoms with Crippen molar-refractivity contribution in [2.45, 2.75) is 0 Å². The van der Waals surface area contributed by atoms with Crippen molar-refractivity contribution >= 4 is 10.0 Å². The minimum Gasteiger partial charge on any atom is -0.259 e. The predicted octanol–water partition coefficient (Wildman–Crippen LogP) is -0.332. The van der Waals surface area contributed by atoms with Gasteiger partial charge in [-0.25, -0.2) is 8.42 Å². The van der Waals surface area contributed by atoms with Gasteiger partial charge in [0.1, 0.15) is 6.54 Å². The highest BCUT2D eigenvalue weighted by molar-refractivity contribution is 7.88. The van der Waals surface area contributed by atoms with Gasteiger partial charge in [0.25, 0.3) is 5.70 Å². The lowest BCUT2D eigenvalue weighted by Crippen LogP contribution is -2.29. The summed E-state index contributed by atoms with van der Waals surface area (Å²) in [6.07, 6.45) is 0.972. The van der Waals surface area contributed by atoms with Crippen LogP contribution in [-0.4, -0.2) is 37.5 Å². The van der Waals surface area contributed by atoms with E-state index in [4.69, 9.17) is 0 Å². The van der Waals surface area contributed by atoms with E-state index in [1.54, 1.807) is 0 Å². The zero-order chi connectivity index (χ0) is 9.94. The number of hydrogen-bond acceptors (Lipinski definition) is 4. The summed E-state index contributed by atoms with van der Waals surface area (Å²) in [6, 6.07) is 0. The lowest BCUT2D eigenvalue weighted by atomic mass is 10.5. The Morgan fingerprint density at radius 1 is 1.67 bits per heavy atom. The minimum atomic E-state index is -3.36. The second kappa shape index (κ2) is 3.63. The zero-order valence-electron chi connectivity index (χ0n) is 6.85. The third-order valence-electron chi connectivity index (χ3n) is 1.23. The lowest BCUT2D eigenvalue weighted by Gasteiger charge is -2.10. The molecule has 0 N–H and O–H groups in total. The van der Waals surface area contributed by atoms with E-state index in [1.165, 1.54) is 7.05 Å². The van der Waals surface area contributed by atoms with Gasteiger partial charge < -0.3 is 0 Å². The first-order valence-corrected chi connectivity index (χ1v) is 4.83. The van der Waals surface area contributed by atoms with Gasteiger partial charge in [-0.15, -0.1) is 0 Å². The van der Waals surface area contributed by atoms with Crippen LogP contribution >= 0.6 is 0 Å². The van der Waals surface area contributed by atoms with Gasteiger partial charge in [0.05, 0.1) is 11.2 Å². The van der Waals surface area contributed by atoms with E-state index < -0.39 is 14.9 Å². The summed E-state index contributed by atoms with van der Waals surface area (Å²) in [7, 11) is -2.11. The Labute approximate surface area is 70.7 Å². The molecule has 0 saturated carbocycles. The average Bonchev–Trinajstić information content (AvgIpc) is 1.85. The molecule has 0 aliphatic heterocycles. The molecule has 0 aromatic carbocycles. The van der Waals surface area contributed by atoms with Crippen LogP contribution in [0.3, 0.4) is 0 Å². The molecule has 0 fully saturated rings. The SMILES string of the molecule is C=C(CN(C)S(C)(=O)=O)[N+](=O)[O-]. The summed E-state index contributed by atoms with van der Waals surface area (Å²) in [5.74, 6) is 0. The van der Waals surface area contributed by atoms with Gasteiger partial charge in [0.15, 0.2) is 0 Å². The number of nitrogens with zero attached hydrogens (tertiary/aromatic N) is 2. The van der Waals surface area contributed by atoms with Crippen molar-refractivity contribution in [3.8, 4) is 0 Å². The van der Waals surface area contributed by atoms with Gasteiger partial charge in [-0.3, -0.25) is 10.1 Å². The van der Waals surface area contributed by atoms with Crippen LogP contribution in [0.4, 0.5) is 0 Å². The van der Waals surface area contributed by atoms with Crippen LogP contribution in [0.2, 0.25) is 0 Å². The molecule has 0 spiro atoms. The molecule has 0 saturated heterocycles. The van der Waals surface area contributed by atoms with E-state index in [9.17, 15) is 18.5 Å². The van der Waals surface area contributed by atoms with Crippen molar-refractivity contribution in [1.29, 1.82) is 0 Å². The highest BCUT2D eigenvalue weighted by atomic mass is 32.2. The molecule has 6 nitrogen and oxygen atoms in total. The molecule has 0 aromatic heterocycles. The first kappa shape index (κ1) is 11.1. The third kappa shape index (κ3) is 3.44. The second-order valence-corrected chi connectivity index (χ2v) is 4.43. The van der Waals surface area contributed by atoms with Crippen LogP contribution in [-0.2, 0) is 10.0 Å². The van der Waals surface area contributed by atoms with Crippen LogP contribution < -0.4 is 0 Å². The van der Waals surface area contributed by atoms with E-state index in [0.29, 0.717) is 0 Å². The van der Waals surface area contributed by atoms with Gasteiger partial charge in [0, 0.05) is 7.05 Å². The maximum atomic E-state index is 10.8. The van der Waals surface area contributed by atoms with Crippen LogP contribution in [0.5, 0.6) is 0 Å². The fourth-order valence-electron chi connectivity index (χ4n) is 0.432. The summed E-state index contributed by atoms with van der Waals surface area (Å²) in [5, 5.41) is 10.0. The van der Waals surface area contributed by atoms with Crippen molar-refractivity contribution in [2.24, 2.45) is 0 Å². The van der Waals surface area contributed by atoms with Gasteiger partial charge in [0.2, 0.25) is 10.0 Å². The zero-order valence-corrected chi connectivity index (χ0v) is 7.67. The summed E-state index contributed by atoms with van der Waals surface area (Å²) in [4.78, 5) is 9.34. The highest BCUT2D eigenvalue weighted by Gasteiger charge is 2.17. The number of nitro groups is 1. The molecule has 0 radical (unpaired) electrons. The van der Waals surface area contributed by atoms with Crippen molar-refractivity contribution in [3.63, 3.8) is 0 Å². The Kier molecular flexibility index (Phi) is 3.35. The van der Waals surface area contributed by atoms with E-state index in [0.717, 1.165) is 10.6 Å². The predicted molar refractivity (Wildman–Crippen MR) is 43.6 cm³/mol. The number of likely N-dealkylation sites (N-methyl/N-ethyl adjacent to an activating group) is 1. The van der Waals surface area contributed by atoms with Crippen molar-refractivity contribution in [1.82, 2.24) is 4.31 Å². The molecule has 0 rings (SSSR count). The minimum absolute atomic E-state index is 0.286. The average molecular weight is 194 g/mol. The number of hydrogen-bond donors (Lipinski definition) is 0. The number of sulfonamides is 1. The smallest absolute Gasteiger partial charge is 0.254 e. The Morgan fingerprint density at radius 3 is 2.33 bits per heavy atom. The summed E-state index contributed by atoms with van der Waals surface area (Å²) < 4.78 is 22.4. The quantitative estimate of drug-likeness (QED) is 0.453. The Bertz CT molecular complexity index is 295. The monoisotopic (exact) mass is 194 g/mol.